The normalized spacial score (nSPS) is 16.3. The molecule has 1 heterocycles. The molecular formula is C19H23FN2O4S. The van der Waals surface area contributed by atoms with Gasteiger partial charge in [0.1, 0.15) is 22.2 Å². The maximum atomic E-state index is 13.1. The van der Waals surface area contributed by atoms with Crippen LogP contribution in [0.4, 0.5) is 4.39 Å². The van der Waals surface area contributed by atoms with Crippen LogP contribution in [0.5, 0.6) is 11.5 Å². The molecule has 1 fully saturated rings. The molecule has 2 aromatic carbocycles. The van der Waals surface area contributed by atoms with Crippen LogP contribution < -0.4 is 9.47 Å². The molecule has 0 amide bonds. The summed E-state index contributed by atoms with van der Waals surface area (Å²) in [5.74, 6) is 0.496. The van der Waals surface area contributed by atoms with E-state index in [0.717, 1.165) is 5.56 Å². The van der Waals surface area contributed by atoms with Crippen LogP contribution >= 0.6 is 0 Å². The molecule has 2 aromatic rings. The summed E-state index contributed by atoms with van der Waals surface area (Å²) in [6, 6.07) is 11.1. The van der Waals surface area contributed by atoms with Crippen LogP contribution in [0.25, 0.3) is 0 Å². The number of hydrogen-bond donors (Lipinski definition) is 0. The largest absolute Gasteiger partial charge is 0.497 e. The molecule has 0 N–H and O–H groups in total. The second-order valence-electron chi connectivity index (χ2n) is 6.32. The zero-order chi connectivity index (χ0) is 19.4. The Kier molecular flexibility index (Phi) is 5.98. The number of sulfonamides is 1. The minimum Gasteiger partial charge on any atom is -0.497 e. The van der Waals surface area contributed by atoms with Crippen molar-refractivity contribution in [3.63, 3.8) is 0 Å². The summed E-state index contributed by atoms with van der Waals surface area (Å²) in [7, 11) is -0.749. The van der Waals surface area contributed by atoms with Crippen molar-refractivity contribution in [1.82, 2.24) is 9.21 Å². The highest BCUT2D eigenvalue weighted by molar-refractivity contribution is 7.89. The molecule has 0 spiro atoms. The molecule has 1 aliphatic rings. The van der Waals surface area contributed by atoms with Gasteiger partial charge in [-0.2, -0.15) is 4.31 Å². The van der Waals surface area contributed by atoms with Crippen molar-refractivity contribution < 1.29 is 22.3 Å². The van der Waals surface area contributed by atoms with Gasteiger partial charge in [0.25, 0.3) is 0 Å². The molecule has 0 unspecified atom stereocenters. The van der Waals surface area contributed by atoms with Gasteiger partial charge in [0.15, 0.2) is 0 Å². The summed E-state index contributed by atoms with van der Waals surface area (Å²) in [4.78, 5) is 2.26. The zero-order valence-corrected chi connectivity index (χ0v) is 16.2. The Morgan fingerprint density at radius 3 is 2.22 bits per heavy atom. The average molecular weight is 394 g/mol. The van der Waals surface area contributed by atoms with E-state index in [2.05, 4.69) is 4.90 Å². The first kappa shape index (κ1) is 19.6. The lowest BCUT2D eigenvalue weighted by molar-refractivity contribution is 0.181. The van der Waals surface area contributed by atoms with Gasteiger partial charge in [0.2, 0.25) is 10.0 Å². The summed E-state index contributed by atoms with van der Waals surface area (Å²) < 4.78 is 51.0. The van der Waals surface area contributed by atoms with Crippen molar-refractivity contribution in [3.05, 3.63) is 53.8 Å². The molecule has 27 heavy (non-hydrogen) atoms. The van der Waals surface area contributed by atoms with Gasteiger partial charge in [-0.15, -0.1) is 0 Å². The van der Waals surface area contributed by atoms with Gasteiger partial charge in [-0.25, -0.2) is 12.8 Å². The first-order chi connectivity index (χ1) is 12.9. The molecule has 0 aliphatic carbocycles. The van der Waals surface area contributed by atoms with E-state index in [1.54, 1.807) is 24.3 Å². The summed E-state index contributed by atoms with van der Waals surface area (Å²) in [6.45, 7) is 2.62. The van der Waals surface area contributed by atoms with Crippen LogP contribution in [-0.2, 0) is 16.6 Å². The zero-order valence-electron chi connectivity index (χ0n) is 15.4. The molecule has 1 aliphatic heterocycles. The molecule has 6 nitrogen and oxygen atoms in total. The molecule has 1 saturated heterocycles. The summed E-state index contributed by atoms with van der Waals surface area (Å²) in [6.07, 6.45) is 0. The maximum absolute atomic E-state index is 13.1. The standard InChI is InChI=1S/C19H23FN2O4S/c1-25-17-7-8-18(26-2)19(13-17)27(23,24)22-11-9-21(10-12-22)14-15-3-5-16(20)6-4-15/h3-8,13H,9-12,14H2,1-2H3. The van der Waals surface area contributed by atoms with Crippen LogP contribution in [0.1, 0.15) is 5.56 Å². The maximum Gasteiger partial charge on any atom is 0.246 e. The molecule has 8 heteroatoms. The monoisotopic (exact) mass is 394 g/mol. The Labute approximate surface area is 159 Å². The second kappa shape index (κ2) is 8.24. The van der Waals surface area contributed by atoms with E-state index in [1.165, 1.54) is 36.7 Å². The summed E-state index contributed by atoms with van der Waals surface area (Å²) in [5.41, 5.74) is 1.00. The fourth-order valence-corrected chi connectivity index (χ4v) is 4.69. The van der Waals surface area contributed by atoms with E-state index < -0.39 is 10.0 Å². The molecule has 0 atom stereocenters. The van der Waals surface area contributed by atoms with Crippen LogP contribution in [0.2, 0.25) is 0 Å². The van der Waals surface area contributed by atoms with Gasteiger partial charge >= 0.3 is 0 Å². The van der Waals surface area contributed by atoms with Crippen LogP contribution in [-0.4, -0.2) is 58.0 Å². The number of rotatable bonds is 6. The molecule has 0 bridgehead atoms. The fourth-order valence-electron chi connectivity index (χ4n) is 3.10. The van der Waals surface area contributed by atoms with E-state index in [0.29, 0.717) is 44.2 Å². The van der Waals surface area contributed by atoms with E-state index in [9.17, 15) is 12.8 Å². The highest BCUT2D eigenvalue weighted by Gasteiger charge is 2.31. The summed E-state index contributed by atoms with van der Waals surface area (Å²) >= 11 is 0. The topological polar surface area (TPSA) is 59.1 Å². The van der Waals surface area contributed by atoms with Gasteiger partial charge in [-0.05, 0) is 29.8 Å². The van der Waals surface area contributed by atoms with E-state index in [1.807, 2.05) is 0 Å². The number of methoxy groups -OCH3 is 2. The Morgan fingerprint density at radius 2 is 1.63 bits per heavy atom. The SMILES string of the molecule is COc1ccc(OC)c(S(=O)(=O)N2CCN(Cc3ccc(F)cc3)CC2)c1. The third-order valence-corrected chi connectivity index (χ3v) is 6.56. The fraction of sp³-hybridized carbons (Fsp3) is 0.368. The van der Waals surface area contributed by atoms with Crippen molar-refractivity contribution in [3.8, 4) is 11.5 Å². The highest BCUT2D eigenvalue weighted by atomic mass is 32.2. The van der Waals surface area contributed by atoms with Gasteiger partial charge in [-0.3, -0.25) is 4.90 Å². The van der Waals surface area contributed by atoms with Gasteiger partial charge in [0.05, 0.1) is 14.2 Å². The minimum atomic E-state index is -3.69. The Hall–Kier alpha value is -2.16. The lowest BCUT2D eigenvalue weighted by atomic mass is 10.2. The van der Waals surface area contributed by atoms with Crippen molar-refractivity contribution in [1.29, 1.82) is 0 Å². The average Bonchev–Trinajstić information content (AvgIpc) is 2.69. The van der Waals surface area contributed by atoms with Crippen LogP contribution in [0.3, 0.4) is 0 Å². The first-order valence-corrected chi connectivity index (χ1v) is 10.1. The predicted octanol–water partition coefficient (Wildman–Crippen LogP) is 2.35. The van der Waals surface area contributed by atoms with Crippen LogP contribution in [0.15, 0.2) is 47.4 Å². The van der Waals surface area contributed by atoms with E-state index in [4.69, 9.17) is 9.47 Å². The second-order valence-corrected chi connectivity index (χ2v) is 8.23. The molecule has 3 rings (SSSR count). The van der Waals surface area contributed by atoms with Crippen molar-refractivity contribution >= 4 is 10.0 Å². The minimum absolute atomic E-state index is 0.108. The van der Waals surface area contributed by atoms with Crippen molar-refractivity contribution in [2.24, 2.45) is 0 Å². The Morgan fingerprint density at radius 1 is 0.963 bits per heavy atom. The van der Waals surface area contributed by atoms with Crippen LogP contribution in [0, 0.1) is 5.82 Å². The van der Waals surface area contributed by atoms with Crippen molar-refractivity contribution in [2.45, 2.75) is 11.4 Å². The number of piperazine rings is 1. The van der Waals surface area contributed by atoms with Gasteiger partial charge in [-0.1, -0.05) is 12.1 Å². The third-order valence-electron chi connectivity index (χ3n) is 4.64. The first-order valence-electron chi connectivity index (χ1n) is 8.63. The smallest absolute Gasteiger partial charge is 0.246 e. The molecule has 0 radical (unpaired) electrons. The third kappa shape index (κ3) is 4.40. The predicted molar refractivity (Wildman–Crippen MR) is 100.0 cm³/mol. The quantitative estimate of drug-likeness (QED) is 0.753. The van der Waals surface area contributed by atoms with E-state index >= 15 is 0 Å². The lowest BCUT2D eigenvalue weighted by Gasteiger charge is -2.34. The number of ether oxygens (including phenoxy) is 2. The Bertz CT molecular complexity index is 879. The number of hydrogen-bond acceptors (Lipinski definition) is 5. The van der Waals surface area contributed by atoms with Gasteiger partial charge < -0.3 is 9.47 Å². The number of nitrogens with zero attached hydrogens (tertiary/aromatic N) is 2. The van der Waals surface area contributed by atoms with Gasteiger partial charge in [0, 0.05) is 38.8 Å². The lowest BCUT2D eigenvalue weighted by Crippen LogP contribution is -2.48. The van der Waals surface area contributed by atoms with Crippen molar-refractivity contribution in [2.75, 3.05) is 40.4 Å². The molecule has 146 valence electrons. The van der Waals surface area contributed by atoms with E-state index in [-0.39, 0.29) is 10.7 Å². The summed E-state index contributed by atoms with van der Waals surface area (Å²) in [5, 5.41) is 0. The Balaban J connectivity index is 1.70. The number of halogens is 1. The molecular weight excluding hydrogens is 371 g/mol. The number of benzene rings is 2. The molecule has 0 aromatic heterocycles. The molecule has 0 saturated carbocycles. The highest BCUT2D eigenvalue weighted by Crippen LogP contribution is 2.31.